The Balaban J connectivity index is 1.54. The molecule has 1 saturated heterocycles. The van der Waals surface area contributed by atoms with Gasteiger partial charge in [0.2, 0.25) is 0 Å². The van der Waals surface area contributed by atoms with Crippen LogP contribution in [0.3, 0.4) is 0 Å². The van der Waals surface area contributed by atoms with Crippen LogP contribution < -0.4 is 0 Å². The zero-order chi connectivity index (χ0) is 24.0. The number of hydrogen-bond donors (Lipinski definition) is 2. The average molecular weight is 455 g/mol. The lowest BCUT2D eigenvalue weighted by atomic mass is 9.38. The van der Waals surface area contributed by atoms with Crippen LogP contribution in [-0.2, 0) is 4.74 Å². The summed E-state index contributed by atoms with van der Waals surface area (Å²) in [6.45, 7) is 16.1. The highest BCUT2D eigenvalue weighted by atomic mass is 16.6. The summed E-state index contributed by atoms with van der Waals surface area (Å²) in [6.07, 6.45) is 16.9. The third-order valence-corrected chi connectivity index (χ3v) is 12.0. The summed E-state index contributed by atoms with van der Waals surface area (Å²) in [5.41, 5.74) is 0.554. The number of ether oxygens (including phenoxy) is 1. The minimum atomic E-state index is -0.748. The van der Waals surface area contributed by atoms with E-state index >= 15 is 0 Å². The summed E-state index contributed by atoms with van der Waals surface area (Å²) in [5.74, 6) is 1.81. The molecule has 3 nitrogen and oxygen atoms in total. The minimum absolute atomic E-state index is 0.145. The number of aliphatic hydroxyl groups is 2. The van der Waals surface area contributed by atoms with Gasteiger partial charge < -0.3 is 14.9 Å². The van der Waals surface area contributed by atoms with Crippen molar-refractivity contribution in [2.24, 2.45) is 45.3 Å². The van der Waals surface area contributed by atoms with E-state index in [4.69, 9.17) is 4.74 Å². The Morgan fingerprint density at radius 2 is 1.73 bits per heavy atom. The Labute approximate surface area is 201 Å². The van der Waals surface area contributed by atoms with Crippen LogP contribution in [0.1, 0.15) is 87.0 Å². The molecule has 0 aromatic heterocycles. The Kier molecular flexibility index (Phi) is 5.27. The van der Waals surface area contributed by atoms with Gasteiger partial charge in [0.15, 0.2) is 6.29 Å². The fourth-order valence-electron chi connectivity index (χ4n) is 9.74. The molecule has 1 aliphatic heterocycles. The second-order valence-corrected chi connectivity index (χ2v) is 13.5. The van der Waals surface area contributed by atoms with Crippen molar-refractivity contribution in [3.8, 4) is 0 Å². The summed E-state index contributed by atoms with van der Waals surface area (Å²) >= 11 is 0. The lowest BCUT2D eigenvalue weighted by molar-refractivity contribution is -0.213. The lowest BCUT2D eigenvalue weighted by Gasteiger charge is -2.65. The second kappa shape index (κ2) is 7.31. The molecule has 5 rings (SSSR count). The number of fused-ring (bicyclic) bond motifs is 2. The van der Waals surface area contributed by atoms with Gasteiger partial charge in [-0.3, -0.25) is 0 Å². The van der Waals surface area contributed by atoms with E-state index in [9.17, 15) is 10.2 Å². The first kappa shape index (κ1) is 23.8. The summed E-state index contributed by atoms with van der Waals surface area (Å²) < 4.78 is 6.59. The van der Waals surface area contributed by atoms with Gasteiger partial charge in [0.25, 0.3) is 0 Å². The van der Waals surface area contributed by atoms with E-state index in [1.54, 1.807) is 0 Å². The monoisotopic (exact) mass is 454 g/mol. The van der Waals surface area contributed by atoms with E-state index in [2.05, 4.69) is 78.8 Å². The third kappa shape index (κ3) is 2.74. The number of rotatable bonds is 3. The molecule has 3 heteroatoms. The normalized spacial score (nSPS) is 52.8. The highest BCUT2D eigenvalue weighted by Gasteiger charge is 2.78. The van der Waals surface area contributed by atoms with Crippen LogP contribution >= 0.6 is 0 Å². The van der Waals surface area contributed by atoms with Crippen LogP contribution in [0.5, 0.6) is 0 Å². The van der Waals surface area contributed by atoms with Gasteiger partial charge >= 0.3 is 0 Å². The summed E-state index contributed by atoms with van der Waals surface area (Å²) in [6, 6.07) is 0. The van der Waals surface area contributed by atoms with E-state index in [1.807, 2.05) is 0 Å². The number of aliphatic hydroxyl groups excluding tert-OH is 2. The van der Waals surface area contributed by atoms with Gasteiger partial charge in [-0.25, -0.2) is 0 Å². The van der Waals surface area contributed by atoms with Gasteiger partial charge in [0.05, 0.1) is 6.10 Å². The maximum Gasteiger partial charge on any atom is 0.162 e. The Morgan fingerprint density at radius 1 is 1.00 bits per heavy atom. The second-order valence-electron chi connectivity index (χ2n) is 13.5. The molecule has 184 valence electrons. The van der Waals surface area contributed by atoms with Crippen LogP contribution in [0.2, 0.25) is 0 Å². The Bertz CT molecular complexity index is 896. The standard InChI is InChI=1S/C30H46O3/c1-19(2)9-8-10-20(3)21-13-15-28(7)22-14-16-30-23(11-12-24(31)26(30,4)5)29(22,25(32)33-30)18-17-27(21,28)6/h8-10,14,16,20-25,31-32H,11-13,15,17-18H2,1-7H3/b10-8+/t20-,21-,22+,23?,24+,25+,27-,28+,29-,30-/m1/s1. The molecule has 5 aliphatic rings. The van der Waals surface area contributed by atoms with Crippen molar-refractivity contribution in [2.75, 3.05) is 0 Å². The molecular formula is C30H46O3. The van der Waals surface area contributed by atoms with E-state index < -0.39 is 23.4 Å². The van der Waals surface area contributed by atoms with Crippen molar-refractivity contribution in [1.29, 1.82) is 0 Å². The van der Waals surface area contributed by atoms with Crippen molar-refractivity contribution in [1.82, 2.24) is 0 Å². The molecule has 33 heavy (non-hydrogen) atoms. The molecule has 0 aromatic rings. The first-order valence-corrected chi connectivity index (χ1v) is 13.4. The topological polar surface area (TPSA) is 49.7 Å². The molecule has 2 N–H and O–H groups in total. The maximum absolute atomic E-state index is 11.6. The average Bonchev–Trinajstić information content (AvgIpc) is 3.09. The van der Waals surface area contributed by atoms with Crippen LogP contribution in [0, 0.1) is 45.3 Å². The van der Waals surface area contributed by atoms with Gasteiger partial charge in [0, 0.05) is 16.7 Å². The smallest absolute Gasteiger partial charge is 0.162 e. The molecule has 10 atom stereocenters. The Hall–Kier alpha value is -0.900. The molecular weight excluding hydrogens is 408 g/mol. The lowest BCUT2D eigenvalue weighted by Crippen LogP contribution is -2.65. The van der Waals surface area contributed by atoms with Crippen LogP contribution in [0.25, 0.3) is 0 Å². The minimum Gasteiger partial charge on any atom is -0.392 e. The van der Waals surface area contributed by atoms with E-state index in [0.29, 0.717) is 17.8 Å². The van der Waals surface area contributed by atoms with Gasteiger partial charge in [0.1, 0.15) is 5.60 Å². The number of hydrogen-bond acceptors (Lipinski definition) is 3. The van der Waals surface area contributed by atoms with E-state index in [0.717, 1.165) is 25.7 Å². The SMILES string of the molecule is CC(C)=C/C=C/[C@@H](C)[C@H]1CC[C@@]2(C)[C@@H]3C=C[C@@]45O[C@H](O)[C@@]3(CC[C@]12C)C4CC[C@H](O)C5(C)C. The van der Waals surface area contributed by atoms with Crippen molar-refractivity contribution in [3.63, 3.8) is 0 Å². The van der Waals surface area contributed by atoms with Gasteiger partial charge in [-0.05, 0) is 81.0 Å². The highest BCUT2D eigenvalue weighted by molar-refractivity contribution is 5.34. The summed E-state index contributed by atoms with van der Waals surface area (Å²) in [7, 11) is 0. The fourth-order valence-corrected chi connectivity index (χ4v) is 9.74. The first-order valence-electron chi connectivity index (χ1n) is 13.4. The largest absolute Gasteiger partial charge is 0.392 e. The molecule has 1 unspecified atom stereocenters. The molecule has 0 aromatic carbocycles. The number of allylic oxidation sites excluding steroid dienone is 5. The fraction of sp³-hybridized carbons (Fsp3) is 0.800. The third-order valence-electron chi connectivity index (χ3n) is 12.0. The first-order chi connectivity index (χ1) is 15.4. The molecule has 0 radical (unpaired) electrons. The molecule has 2 bridgehead atoms. The molecule has 4 fully saturated rings. The molecule has 4 aliphatic carbocycles. The zero-order valence-corrected chi connectivity index (χ0v) is 21.9. The van der Waals surface area contributed by atoms with E-state index in [1.165, 1.54) is 18.4 Å². The summed E-state index contributed by atoms with van der Waals surface area (Å²) in [4.78, 5) is 0. The maximum atomic E-state index is 11.6. The predicted octanol–water partition coefficient (Wildman–Crippen LogP) is 6.42. The predicted molar refractivity (Wildman–Crippen MR) is 133 cm³/mol. The van der Waals surface area contributed by atoms with Crippen LogP contribution in [0.15, 0.2) is 36.0 Å². The van der Waals surface area contributed by atoms with Gasteiger partial charge in [-0.2, -0.15) is 0 Å². The molecule has 3 saturated carbocycles. The van der Waals surface area contributed by atoms with Crippen molar-refractivity contribution in [2.45, 2.75) is 105 Å². The van der Waals surface area contributed by atoms with E-state index in [-0.39, 0.29) is 22.2 Å². The summed E-state index contributed by atoms with van der Waals surface area (Å²) in [5, 5.41) is 22.5. The van der Waals surface area contributed by atoms with Crippen molar-refractivity contribution in [3.05, 3.63) is 36.0 Å². The highest BCUT2D eigenvalue weighted by Crippen LogP contribution is 2.78. The Morgan fingerprint density at radius 3 is 2.42 bits per heavy atom. The molecule has 1 heterocycles. The van der Waals surface area contributed by atoms with Gasteiger partial charge in [-0.15, -0.1) is 0 Å². The zero-order valence-electron chi connectivity index (χ0n) is 21.9. The van der Waals surface area contributed by atoms with Crippen molar-refractivity contribution < 1.29 is 14.9 Å². The van der Waals surface area contributed by atoms with Crippen molar-refractivity contribution >= 4 is 0 Å². The molecule has 0 amide bonds. The van der Waals surface area contributed by atoms with Gasteiger partial charge in [-0.1, -0.05) is 70.6 Å². The van der Waals surface area contributed by atoms with Crippen LogP contribution in [0.4, 0.5) is 0 Å². The molecule has 1 spiro atoms. The van der Waals surface area contributed by atoms with Crippen LogP contribution in [-0.4, -0.2) is 28.2 Å². The quantitative estimate of drug-likeness (QED) is 0.382.